The first-order valence-electron chi connectivity index (χ1n) is 9.37. The molecule has 0 heterocycles. The molecule has 136 valence electrons. The van der Waals surface area contributed by atoms with Crippen LogP contribution in [-0.2, 0) is 4.79 Å². The van der Waals surface area contributed by atoms with Gasteiger partial charge in [-0.05, 0) is 63.0 Å². The number of hydrogen-bond donors (Lipinski definition) is 2. The Hall–Kier alpha value is -2.04. The van der Waals surface area contributed by atoms with Crippen molar-refractivity contribution in [2.24, 2.45) is 17.8 Å². The van der Waals surface area contributed by atoms with Gasteiger partial charge in [0.2, 0.25) is 5.91 Å². The number of nitrogens with one attached hydrogen (secondary N) is 2. The molecule has 5 heteroatoms. The van der Waals surface area contributed by atoms with Crippen molar-refractivity contribution in [2.45, 2.75) is 45.6 Å². The number of benzene rings is 1. The van der Waals surface area contributed by atoms with Crippen LogP contribution in [0.5, 0.6) is 5.75 Å². The number of fused-ring (bicyclic) bond motifs is 2. The van der Waals surface area contributed by atoms with Crippen molar-refractivity contribution >= 4 is 11.8 Å². The van der Waals surface area contributed by atoms with Crippen LogP contribution in [0.25, 0.3) is 0 Å². The number of hydrogen-bond acceptors (Lipinski definition) is 3. The normalized spacial score (nSPS) is 25.4. The lowest BCUT2D eigenvalue weighted by Gasteiger charge is -2.28. The van der Waals surface area contributed by atoms with Gasteiger partial charge in [0, 0.05) is 6.04 Å². The zero-order valence-electron chi connectivity index (χ0n) is 15.1. The molecule has 25 heavy (non-hydrogen) atoms. The van der Waals surface area contributed by atoms with Gasteiger partial charge < -0.3 is 15.4 Å². The van der Waals surface area contributed by atoms with Gasteiger partial charge in [0.05, 0.1) is 18.7 Å². The van der Waals surface area contributed by atoms with Gasteiger partial charge in [0.15, 0.2) is 0 Å². The van der Waals surface area contributed by atoms with Crippen LogP contribution in [0, 0.1) is 17.8 Å². The highest BCUT2D eigenvalue weighted by atomic mass is 16.5. The predicted octanol–water partition coefficient (Wildman–Crippen LogP) is 2.76. The number of carbonyl (C=O) groups is 2. The monoisotopic (exact) mass is 344 g/mol. The van der Waals surface area contributed by atoms with Crippen molar-refractivity contribution in [1.82, 2.24) is 10.6 Å². The molecule has 0 saturated heterocycles. The third-order valence-electron chi connectivity index (χ3n) is 5.66. The molecule has 0 aromatic heterocycles. The van der Waals surface area contributed by atoms with E-state index in [0.29, 0.717) is 23.8 Å². The summed E-state index contributed by atoms with van der Waals surface area (Å²) in [6.07, 6.45) is 5.23. The van der Waals surface area contributed by atoms with Crippen molar-refractivity contribution < 1.29 is 14.3 Å². The second-order valence-electron chi connectivity index (χ2n) is 7.31. The molecule has 5 nitrogen and oxygen atoms in total. The first-order valence-corrected chi connectivity index (χ1v) is 9.37. The minimum atomic E-state index is -0.285. The fourth-order valence-corrected chi connectivity index (χ4v) is 4.51. The van der Waals surface area contributed by atoms with E-state index in [1.165, 1.54) is 25.7 Å². The molecule has 0 aliphatic heterocycles. The third kappa shape index (κ3) is 4.14. The van der Waals surface area contributed by atoms with E-state index in [4.69, 9.17) is 4.74 Å². The molecule has 4 atom stereocenters. The van der Waals surface area contributed by atoms with Crippen molar-refractivity contribution in [3.63, 3.8) is 0 Å². The van der Waals surface area contributed by atoms with Crippen LogP contribution in [0.3, 0.4) is 0 Å². The Balaban J connectivity index is 1.48. The van der Waals surface area contributed by atoms with E-state index in [-0.39, 0.29) is 24.4 Å². The zero-order chi connectivity index (χ0) is 17.8. The van der Waals surface area contributed by atoms with Gasteiger partial charge in [-0.2, -0.15) is 0 Å². The smallest absolute Gasteiger partial charge is 0.255 e. The number of para-hydroxylation sites is 1. The van der Waals surface area contributed by atoms with Crippen molar-refractivity contribution in [2.75, 3.05) is 13.2 Å². The molecule has 1 aromatic rings. The summed E-state index contributed by atoms with van der Waals surface area (Å²) in [4.78, 5) is 24.5. The quantitative estimate of drug-likeness (QED) is 0.799. The van der Waals surface area contributed by atoms with Gasteiger partial charge >= 0.3 is 0 Å². The summed E-state index contributed by atoms with van der Waals surface area (Å²) in [5.41, 5.74) is 0.457. The average molecular weight is 344 g/mol. The Morgan fingerprint density at radius 2 is 2.04 bits per heavy atom. The van der Waals surface area contributed by atoms with E-state index < -0.39 is 0 Å². The molecule has 2 saturated carbocycles. The molecule has 2 N–H and O–H groups in total. The molecule has 1 aromatic carbocycles. The minimum absolute atomic E-state index is 0.00948. The van der Waals surface area contributed by atoms with E-state index in [9.17, 15) is 9.59 Å². The summed E-state index contributed by atoms with van der Waals surface area (Å²) >= 11 is 0. The van der Waals surface area contributed by atoms with Crippen LogP contribution in [0.4, 0.5) is 0 Å². The summed E-state index contributed by atoms with van der Waals surface area (Å²) in [6.45, 7) is 4.45. The molecule has 2 aliphatic rings. The molecule has 3 rings (SSSR count). The lowest BCUT2D eigenvalue weighted by atomic mass is 9.84. The summed E-state index contributed by atoms with van der Waals surface area (Å²) in [7, 11) is 0. The van der Waals surface area contributed by atoms with Gasteiger partial charge in [-0.3, -0.25) is 9.59 Å². The fourth-order valence-electron chi connectivity index (χ4n) is 4.51. The summed E-state index contributed by atoms with van der Waals surface area (Å²) in [5, 5.41) is 5.76. The minimum Gasteiger partial charge on any atom is -0.493 e. The van der Waals surface area contributed by atoms with E-state index in [1.54, 1.807) is 18.2 Å². The van der Waals surface area contributed by atoms with Crippen LogP contribution in [0.2, 0.25) is 0 Å². The summed E-state index contributed by atoms with van der Waals surface area (Å²) in [5.74, 6) is 2.36. The van der Waals surface area contributed by atoms with Crippen LogP contribution in [-0.4, -0.2) is 31.0 Å². The van der Waals surface area contributed by atoms with Crippen LogP contribution in [0.15, 0.2) is 24.3 Å². The Morgan fingerprint density at radius 3 is 2.72 bits per heavy atom. The van der Waals surface area contributed by atoms with Gasteiger partial charge in [-0.25, -0.2) is 0 Å². The van der Waals surface area contributed by atoms with Gasteiger partial charge in [-0.15, -0.1) is 0 Å². The maximum atomic E-state index is 12.3. The predicted molar refractivity (Wildman–Crippen MR) is 96.5 cm³/mol. The van der Waals surface area contributed by atoms with Gasteiger partial charge in [0.25, 0.3) is 5.91 Å². The molecule has 2 fully saturated rings. The van der Waals surface area contributed by atoms with E-state index in [2.05, 4.69) is 17.6 Å². The van der Waals surface area contributed by atoms with Crippen LogP contribution in [0.1, 0.15) is 49.9 Å². The second-order valence-corrected chi connectivity index (χ2v) is 7.31. The van der Waals surface area contributed by atoms with Crippen molar-refractivity contribution in [3.8, 4) is 5.75 Å². The number of rotatable bonds is 7. The largest absolute Gasteiger partial charge is 0.493 e. The number of carbonyl (C=O) groups excluding carboxylic acids is 2. The fraction of sp³-hybridized carbons (Fsp3) is 0.600. The SMILES string of the molecule is CCOc1ccccc1C(=O)NCC(=O)NC(C)C1CC2CCC1C2. The van der Waals surface area contributed by atoms with E-state index in [1.807, 2.05) is 13.0 Å². The lowest BCUT2D eigenvalue weighted by molar-refractivity contribution is -0.121. The maximum absolute atomic E-state index is 12.3. The van der Waals surface area contributed by atoms with E-state index in [0.717, 1.165) is 11.8 Å². The Morgan fingerprint density at radius 1 is 1.24 bits per heavy atom. The van der Waals surface area contributed by atoms with Gasteiger partial charge in [-0.1, -0.05) is 18.6 Å². The lowest BCUT2D eigenvalue weighted by Crippen LogP contribution is -2.44. The highest BCUT2D eigenvalue weighted by Crippen LogP contribution is 2.49. The van der Waals surface area contributed by atoms with Crippen LogP contribution < -0.4 is 15.4 Å². The Labute approximate surface area is 149 Å². The Kier molecular flexibility index (Phi) is 5.61. The summed E-state index contributed by atoms with van der Waals surface area (Å²) < 4.78 is 5.46. The van der Waals surface area contributed by atoms with Crippen molar-refractivity contribution in [3.05, 3.63) is 29.8 Å². The molecular formula is C20H28N2O3. The molecule has 2 aliphatic carbocycles. The molecule has 4 unspecified atom stereocenters. The highest BCUT2D eigenvalue weighted by molar-refractivity contribution is 5.98. The molecule has 0 radical (unpaired) electrons. The average Bonchev–Trinajstić information content (AvgIpc) is 3.24. The molecular weight excluding hydrogens is 316 g/mol. The first kappa shape index (κ1) is 17.8. The summed E-state index contributed by atoms with van der Waals surface area (Å²) in [6, 6.07) is 7.25. The first-order chi connectivity index (χ1) is 12.1. The highest BCUT2D eigenvalue weighted by Gasteiger charge is 2.42. The van der Waals surface area contributed by atoms with Crippen LogP contribution >= 0.6 is 0 Å². The maximum Gasteiger partial charge on any atom is 0.255 e. The standard InChI is InChI=1S/C20H28N2O3/c1-3-25-18-7-5-4-6-16(18)20(24)21-12-19(23)22-13(2)17-11-14-8-9-15(17)10-14/h4-7,13-15,17H,3,8-12H2,1-2H3,(H,21,24)(H,22,23). The zero-order valence-corrected chi connectivity index (χ0v) is 15.1. The van der Waals surface area contributed by atoms with Crippen molar-refractivity contribution in [1.29, 1.82) is 0 Å². The Bertz CT molecular complexity index is 631. The molecule has 2 amide bonds. The topological polar surface area (TPSA) is 67.4 Å². The second kappa shape index (κ2) is 7.89. The van der Waals surface area contributed by atoms with Gasteiger partial charge in [0.1, 0.15) is 5.75 Å². The number of amides is 2. The third-order valence-corrected chi connectivity index (χ3v) is 5.66. The number of ether oxygens (including phenoxy) is 1. The molecule has 2 bridgehead atoms. The molecule has 0 spiro atoms. The van der Waals surface area contributed by atoms with E-state index >= 15 is 0 Å².